The zero-order valence-electron chi connectivity index (χ0n) is 18.9. The molecule has 7 heteroatoms. The summed E-state index contributed by atoms with van der Waals surface area (Å²) in [5.41, 5.74) is 4.20. The Balaban J connectivity index is 1.41. The van der Waals surface area contributed by atoms with Crippen LogP contribution in [0.1, 0.15) is 35.8 Å². The third-order valence-electron chi connectivity index (χ3n) is 6.26. The zero-order chi connectivity index (χ0) is 23.7. The molecule has 2 aromatic carbocycles. The highest BCUT2D eigenvalue weighted by Gasteiger charge is 2.32. The van der Waals surface area contributed by atoms with Crippen molar-refractivity contribution in [3.63, 3.8) is 0 Å². The Kier molecular flexibility index (Phi) is 5.84. The highest BCUT2D eigenvalue weighted by Crippen LogP contribution is 2.35. The van der Waals surface area contributed by atoms with Crippen molar-refractivity contribution in [2.45, 2.75) is 32.4 Å². The van der Waals surface area contributed by atoms with Crippen LogP contribution in [0.3, 0.4) is 0 Å². The minimum Gasteiger partial charge on any atom is -0.489 e. The molecule has 0 radical (unpaired) electrons. The third kappa shape index (κ3) is 4.05. The lowest BCUT2D eigenvalue weighted by Gasteiger charge is -2.22. The van der Waals surface area contributed by atoms with E-state index in [1.54, 1.807) is 31.5 Å². The van der Waals surface area contributed by atoms with Gasteiger partial charge in [-0.25, -0.2) is 9.37 Å². The Hall–Kier alpha value is -4.00. The van der Waals surface area contributed by atoms with Gasteiger partial charge < -0.3 is 9.64 Å². The number of rotatable bonds is 6. The lowest BCUT2D eigenvalue weighted by molar-refractivity contribution is -0.127. The molecule has 1 atom stereocenters. The van der Waals surface area contributed by atoms with Crippen molar-refractivity contribution in [1.82, 2.24) is 19.3 Å². The maximum absolute atomic E-state index is 13.8. The van der Waals surface area contributed by atoms with Crippen molar-refractivity contribution < 1.29 is 13.9 Å². The number of aromatic nitrogens is 3. The number of carbonyl (C=O) groups is 1. The fraction of sp³-hybridized carbons (Fsp3) is 0.222. The zero-order valence-corrected chi connectivity index (χ0v) is 18.9. The number of carbonyl (C=O) groups excluding carboxylic acids is 1. The topological polar surface area (TPSA) is 59.7 Å². The molecule has 2 aromatic heterocycles. The van der Waals surface area contributed by atoms with Crippen LogP contribution >= 0.6 is 0 Å². The molecule has 1 aliphatic rings. The Morgan fingerprint density at radius 2 is 2.09 bits per heavy atom. The number of hydrogen-bond acceptors (Lipinski definition) is 4. The number of likely N-dealkylation sites (tertiary alicyclic amines) is 1. The van der Waals surface area contributed by atoms with Crippen LogP contribution < -0.4 is 4.74 Å². The second kappa shape index (κ2) is 9.09. The Bertz CT molecular complexity index is 1360. The number of aryl methyl sites for hydroxylation is 1. The molecule has 0 spiro atoms. The Morgan fingerprint density at radius 1 is 1.26 bits per heavy atom. The standard InChI is InChI=1S/C27H25FN4O2/c1-3-25(33)31-13-4-5-23(31)27-30-26(24-16-29-12-14-32(24)27)20-9-7-19(8-10-20)17-34-21-11-6-18(2)22(28)15-21/h3,6-12,14-16,23H,1,4-5,13,17H2,2H3/t23-/m0/s1. The van der Waals surface area contributed by atoms with Gasteiger partial charge in [0.1, 0.15) is 24.0 Å². The molecule has 1 fully saturated rings. The molecule has 34 heavy (non-hydrogen) atoms. The first-order valence-electron chi connectivity index (χ1n) is 11.3. The van der Waals surface area contributed by atoms with E-state index in [1.807, 2.05) is 39.8 Å². The molecule has 172 valence electrons. The van der Waals surface area contributed by atoms with Crippen LogP contribution in [0.15, 0.2) is 73.7 Å². The molecule has 0 unspecified atom stereocenters. The van der Waals surface area contributed by atoms with E-state index in [0.29, 0.717) is 24.5 Å². The van der Waals surface area contributed by atoms with Crippen LogP contribution in [0.5, 0.6) is 5.75 Å². The number of amides is 1. The van der Waals surface area contributed by atoms with Crippen molar-refractivity contribution in [3.8, 4) is 17.0 Å². The van der Waals surface area contributed by atoms with Gasteiger partial charge >= 0.3 is 0 Å². The lowest BCUT2D eigenvalue weighted by Crippen LogP contribution is -2.29. The summed E-state index contributed by atoms with van der Waals surface area (Å²) < 4.78 is 21.5. The number of halogens is 1. The number of imidazole rings is 1. The summed E-state index contributed by atoms with van der Waals surface area (Å²) in [5, 5.41) is 0. The maximum Gasteiger partial charge on any atom is 0.246 e. The normalized spacial score (nSPS) is 15.6. The Labute approximate surface area is 197 Å². The van der Waals surface area contributed by atoms with Crippen molar-refractivity contribution in [2.24, 2.45) is 0 Å². The quantitative estimate of drug-likeness (QED) is 0.371. The molecule has 6 nitrogen and oxygen atoms in total. The first kappa shape index (κ1) is 21.8. The van der Waals surface area contributed by atoms with E-state index in [9.17, 15) is 9.18 Å². The SMILES string of the molecule is C=CC(=O)N1CCC[C@H]1c1nc(-c2ccc(COc3ccc(C)c(F)c3)cc2)c2cnccn12. The van der Waals surface area contributed by atoms with Crippen molar-refractivity contribution >= 4 is 11.4 Å². The predicted octanol–water partition coefficient (Wildman–Crippen LogP) is 5.27. The highest BCUT2D eigenvalue weighted by atomic mass is 19.1. The summed E-state index contributed by atoms with van der Waals surface area (Å²) in [6, 6.07) is 12.7. The van der Waals surface area contributed by atoms with Crippen LogP contribution in [0, 0.1) is 12.7 Å². The summed E-state index contributed by atoms with van der Waals surface area (Å²) in [4.78, 5) is 23.5. The van der Waals surface area contributed by atoms with E-state index < -0.39 is 0 Å². The summed E-state index contributed by atoms with van der Waals surface area (Å²) in [6.07, 6.45) is 8.56. The van der Waals surface area contributed by atoms with E-state index in [0.717, 1.165) is 41.0 Å². The average Bonchev–Trinajstić information content (AvgIpc) is 3.50. The predicted molar refractivity (Wildman–Crippen MR) is 128 cm³/mol. The minimum absolute atomic E-state index is 0.0762. The Morgan fingerprint density at radius 3 is 2.85 bits per heavy atom. The molecule has 1 saturated heterocycles. The second-order valence-corrected chi connectivity index (χ2v) is 8.44. The molecular formula is C27H25FN4O2. The van der Waals surface area contributed by atoms with Gasteiger partial charge in [-0.15, -0.1) is 0 Å². The van der Waals surface area contributed by atoms with Crippen LogP contribution in [-0.4, -0.2) is 31.7 Å². The van der Waals surface area contributed by atoms with Gasteiger partial charge in [0.25, 0.3) is 0 Å². The van der Waals surface area contributed by atoms with Gasteiger partial charge in [0.2, 0.25) is 5.91 Å². The van der Waals surface area contributed by atoms with Gasteiger partial charge in [0.15, 0.2) is 0 Å². The summed E-state index contributed by atoms with van der Waals surface area (Å²) in [7, 11) is 0. The minimum atomic E-state index is -0.278. The average molecular weight is 457 g/mol. The maximum atomic E-state index is 13.8. The largest absolute Gasteiger partial charge is 0.489 e. The number of nitrogens with zero attached hydrogens (tertiary/aromatic N) is 4. The van der Waals surface area contributed by atoms with Crippen LogP contribution in [0.25, 0.3) is 16.8 Å². The van der Waals surface area contributed by atoms with Crippen LogP contribution in [0.2, 0.25) is 0 Å². The number of hydrogen-bond donors (Lipinski definition) is 0. The van der Waals surface area contributed by atoms with Gasteiger partial charge in [-0.2, -0.15) is 0 Å². The molecule has 0 N–H and O–H groups in total. The molecule has 1 aliphatic heterocycles. The van der Waals surface area contributed by atoms with Crippen molar-refractivity contribution in [2.75, 3.05) is 6.54 Å². The molecule has 5 rings (SSSR count). The van der Waals surface area contributed by atoms with Gasteiger partial charge in [-0.1, -0.05) is 36.9 Å². The summed E-state index contributed by atoms with van der Waals surface area (Å²) in [5.74, 6) is 0.972. The fourth-order valence-electron chi connectivity index (χ4n) is 4.41. The van der Waals surface area contributed by atoms with Crippen LogP contribution in [-0.2, 0) is 11.4 Å². The van der Waals surface area contributed by atoms with Gasteiger partial charge in [-0.05, 0) is 43.0 Å². The molecule has 0 aliphatic carbocycles. The van der Waals surface area contributed by atoms with Gasteiger partial charge in [0.05, 0.1) is 23.4 Å². The van der Waals surface area contributed by atoms with E-state index >= 15 is 0 Å². The fourth-order valence-corrected chi connectivity index (χ4v) is 4.41. The third-order valence-corrected chi connectivity index (χ3v) is 6.26. The van der Waals surface area contributed by atoms with Crippen molar-refractivity contribution in [1.29, 1.82) is 0 Å². The first-order chi connectivity index (χ1) is 16.5. The molecule has 1 amide bonds. The second-order valence-electron chi connectivity index (χ2n) is 8.44. The number of ether oxygens (including phenoxy) is 1. The van der Waals surface area contributed by atoms with Crippen molar-refractivity contribution in [3.05, 3.63) is 96.5 Å². The van der Waals surface area contributed by atoms with Crippen LogP contribution in [0.4, 0.5) is 4.39 Å². The smallest absolute Gasteiger partial charge is 0.246 e. The lowest BCUT2D eigenvalue weighted by atomic mass is 10.1. The summed E-state index contributed by atoms with van der Waals surface area (Å²) >= 11 is 0. The van der Waals surface area contributed by atoms with E-state index in [4.69, 9.17) is 9.72 Å². The first-order valence-corrected chi connectivity index (χ1v) is 11.3. The molecule has 0 bridgehead atoms. The van der Waals surface area contributed by atoms with Gasteiger partial charge in [-0.3, -0.25) is 14.2 Å². The molecular weight excluding hydrogens is 431 g/mol. The monoisotopic (exact) mass is 456 g/mol. The molecule has 4 aromatic rings. The van der Waals surface area contributed by atoms with E-state index in [2.05, 4.69) is 11.6 Å². The number of fused-ring (bicyclic) bond motifs is 1. The summed E-state index contributed by atoms with van der Waals surface area (Å²) in [6.45, 7) is 6.40. The highest BCUT2D eigenvalue weighted by molar-refractivity contribution is 5.87. The van der Waals surface area contributed by atoms with Gasteiger partial charge in [0, 0.05) is 30.6 Å². The molecule has 3 heterocycles. The van der Waals surface area contributed by atoms with E-state index in [-0.39, 0.29) is 17.8 Å². The molecule has 0 saturated carbocycles. The van der Waals surface area contributed by atoms with E-state index in [1.165, 1.54) is 12.1 Å². The number of benzene rings is 2.